The monoisotopic (exact) mass is 241 g/mol. The minimum atomic E-state index is -0.442. The van der Waals surface area contributed by atoms with Crippen LogP contribution in [0.1, 0.15) is 0 Å². The molecule has 2 heterocycles. The van der Waals surface area contributed by atoms with Gasteiger partial charge in [-0.05, 0) is 12.2 Å². The Kier molecular flexibility index (Phi) is 1.88. The van der Waals surface area contributed by atoms with Gasteiger partial charge in [-0.1, -0.05) is 15.9 Å². The van der Waals surface area contributed by atoms with Gasteiger partial charge in [-0.3, -0.25) is 4.79 Å². The molecule has 0 aromatic rings. The number of nitrogens with one attached hydrogen (secondary N) is 1. The Labute approximate surface area is 83.9 Å². The molecule has 0 fully saturated rings. The highest BCUT2D eigenvalue weighted by Crippen LogP contribution is 2.25. The molecule has 2 aliphatic rings. The second-order valence-electron chi connectivity index (χ2n) is 2.79. The first-order valence-corrected chi connectivity index (χ1v) is 4.57. The fourth-order valence-electron chi connectivity index (χ4n) is 1.28. The van der Waals surface area contributed by atoms with Gasteiger partial charge in [0.15, 0.2) is 0 Å². The van der Waals surface area contributed by atoms with E-state index in [2.05, 4.69) is 21.2 Å². The highest BCUT2D eigenvalue weighted by molar-refractivity contribution is 9.11. The van der Waals surface area contributed by atoms with Gasteiger partial charge < -0.3 is 16.0 Å². The Morgan fingerprint density at radius 2 is 2.46 bits per heavy atom. The highest BCUT2D eigenvalue weighted by Gasteiger charge is 2.27. The van der Waals surface area contributed by atoms with Gasteiger partial charge in [0, 0.05) is 16.9 Å². The molecule has 0 spiro atoms. The number of carbonyl (C=O) groups is 1. The first-order valence-electron chi connectivity index (χ1n) is 3.78. The smallest absolute Gasteiger partial charge is 0.266 e. The maximum absolute atomic E-state index is 10.9. The number of halogens is 1. The minimum absolute atomic E-state index is 0.0208. The summed E-state index contributed by atoms with van der Waals surface area (Å²) in [5.41, 5.74) is 5.57. The van der Waals surface area contributed by atoms with Crippen LogP contribution in [0.15, 0.2) is 34.7 Å². The van der Waals surface area contributed by atoms with Crippen LogP contribution in [0.2, 0.25) is 0 Å². The quantitative estimate of drug-likeness (QED) is 0.697. The average molecular weight is 242 g/mol. The predicted octanol–water partition coefficient (Wildman–Crippen LogP) is 0.351. The van der Waals surface area contributed by atoms with E-state index in [0.717, 1.165) is 4.48 Å². The van der Waals surface area contributed by atoms with Crippen molar-refractivity contribution in [2.75, 3.05) is 0 Å². The molecule has 2 rings (SSSR count). The summed E-state index contributed by atoms with van der Waals surface area (Å²) in [6.45, 7) is 0. The predicted molar refractivity (Wildman–Crippen MR) is 52.2 cm³/mol. The van der Waals surface area contributed by atoms with E-state index >= 15 is 0 Å². The molecular formula is C8H8BrN3O. The number of hydrogen-bond donors (Lipinski definition) is 2. The number of carbonyl (C=O) groups excluding carboxylic acids is 1. The fourth-order valence-corrected chi connectivity index (χ4v) is 1.79. The second-order valence-corrected chi connectivity index (χ2v) is 3.71. The van der Waals surface area contributed by atoms with E-state index < -0.39 is 5.91 Å². The van der Waals surface area contributed by atoms with Crippen LogP contribution in [-0.2, 0) is 4.79 Å². The lowest BCUT2D eigenvalue weighted by molar-refractivity contribution is -0.114. The Balaban J connectivity index is 2.25. The lowest BCUT2D eigenvalue weighted by Gasteiger charge is -2.24. The zero-order valence-electron chi connectivity index (χ0n) is 6.70. The zero-order valence-corrected chi connectivity index (χ0v) is 8.28. The van der Waals surface area contributed by atoms with E-state index in [1.807, 2.05) is 23.3 Å². The summed E-state index contributed by atoms with van der Waals surface area (Å²) >= 11 is 3.39. The molecule has 13 heavy (non-hydrogen) atoms. The molecule has 1 amide bonds. The lowest BCUT2D eigenvalue weighted by Crippen LogP contribution is -2.36. The molecule has 0 aromatic heterocycles. The SMILES string of the molecule is NC(=O)C1=CN2C=CC=C(Br)C2N1. The molecular weight excluding hydrogens is 234 g/mol. The van der Waals surface area contributed by atoms with Crippen LogP contribution in [-0.4, -0.2) is 17.0 Å². The van der Waals surface area contributed by atoms with Crippen molar-refractivity contribution in [2.45, 2.75) is 6.17 Å². The number of nitrogens with zero attached hydrogens (tertiary/aromatic N) is 1. The molecule has 2 aliphatic heterocycles. The summed E-state index contributed by atoms with van der Waals surface area (Å²) in [5, 5.41) is 2.99. The van der Waals surface area contributed by atoms with E-state index in [1.54, 1.807) is 6.20 Å². The van der Waals surface area contributed by atoms with Crippen LogP contribution in [0.25, 0.3) is 0 Å². The summed E-state index contributed by atoms with van der Waals surface area (Å²) in [4.78, 5) is 12.7. The molecule has 0 radical (unpaired) electrons. The number of primary amides is 1. The van der Waals surface area contributed by atoms with Gasteiger partial charge in [0.05, 0.1) is 0 Å². The van der Waals surface area contributed by atoms with E-state index in [9.17, 15) is 4.79 Å². The van der Waals surface area contributed by atoms with Crippen molar-refractivity contribution >= 4 is 21.8 Å². The normalized spacial score (nSPS) is 24.7. The summed E-state index contributed by atoms with van der Waals surface area (Å²) in [6, 6.07) is 0. The highest BCUT2D eigenvalue weighted by atomic mass is 79.9. The van der Waals surface area contributed by atoms with E-state index in [0.29, 0.717) is 5.70 Å². The number of rotatable bonds is 1. The van der Waals surface area contributed by atoms with Crippen LogP contribution < -0.4 is 11.1 Å². The molecule has 3 N–H and O–H groups in total. The van der Waals surface area contributed by atoms with Crippen molar-refractivity contribution in [1.82, 2.24) is 10.2 Å². The largest absolute Gasteiger partial charge is 0.364 e. The molecule has 0 aliphatic carbocycles. The van der Waals surface area contributed by atoms with Gasteiger partial charge in [-0.15, -0.1) is 0 Å². The van der Waals surface area contributed by atoms with Crippen molar-refractivity contribution in [3.05, 3.63) is 34.7 Å². The number of hydrogen-bond acceptors (Lipinski definition) is 3. The number of fused-ring (bicyclic) bond motifs is 1. The Morgan fingerprint density at radius 1 is 1.69 bits per heavy atom. The van der Waals surface area contributed by atoms with E-state index in [1.165, 1.54) is 0 Å². The third-order valence-electron chi connectivity index (χ3n) is 1.91. The third kappa shape index (κ3) is 1.35. The standard InChI is InChI=1S/C8H8BrN3O/c9-5-2-1-3-12-4-6(7(10)13)11-8(5)12/h1-4,8,11H,(H2,10,13). The van der Waals surface area contributed by atoms with Gasteiger partial charge in [-0.2, -0.15) is 0 Å². The van der Waals surface area contributed by atoms with Crippen molar-refractivity contribution in [2.24, 2.45) is 5.73 Å². The van der Waals surface area contributed by atoms with Gasteiger partial charge in [-0.25, -0.2) is 0 Å². The molecule has 1 unspecified atom stereocenters. The summed E-state index contributed by atoms with van der Waals surface area (Å²) in [7, 11) is 0. The molecule has 5 heteroatoms. The lowest BCUT2D eigenvalue weighted by atomic mass is 10.3. The third-order valence-corrected chi connectivity index (χ3v) is 2.61. The van der Waals surface area contributed by atoms with Crippen molar-refractivity contribution in [3.63, 3.8) is 0 Å². The maximum Gasteiger partial charge on any atom is 0.266 e. The topological polar surface area (TPSA) is 58.4 Å². The number of amides is 1. The number of allylic oxidation sites excluding steroid dienone is 2. The van der Waals surface area contributed by atoms with Crippen LogP contribution >= 0.6 is 15.9 Å². The van der Waals surface area contributed by atoms with Crippen molar-refractivity contribution in [1.29, 1.82) is 0 Å². The van der Waals surface area contributed by atoms with Crippen molar-refractivity contribution < 1.29 is 4.79 Å². The summed E-state index contributed by atoms with van der Waals surface area (Å²) in [6.07, 6.45) is 7.36. The molecule has 0 aromatic carbocycles. The second kappa shape index (κ2) is 2.92. The Bertz CT molecular complexity index is 345. The molecule has 1 atom stereocenters. The van der Waals surface area contributed by atoms with E-state index in [-0.39, 0.29) is 6.17 Å². The molecule has 0 saturated carbocycles. The van der Waals surface area contributed by atoms with Crippen LogP contribution in [0.3, 0.4) is 0 Å². The summed E-state index contributed by atoms with van der Waals surface area (Å²) < 4.78 is 0.975. The minimum Gasteiger partial charge on any atom is -0.364 e. The zero-order chi connectivity index (χ0) is 9.42. The Hall–Kier alpha value is -1.23. The Morgan fingerprint density at radius 3 is 3.08 bits per heavy atom. The van der Waals surface area contributed by atoms with Crippen LogP contribution in [0.4, 0.5) is 0 Å². The van der Waals surface area contributed by atoms with E-state index in [4.69, 9.17) is 5.73 Å². The molecule has 0 saturated heterocycles. The maximum atomic E-state index is 10.9. The first kappa shape index (κ1) is 8.37. The van der Waals surface area contributed by atoms with Crippen LogP contribution in [0, 0.1) is 0 Å². The molecule has 4 nitrogen and oxygen atoms in total. The van der Waals surface area contributed by atoms with Crippen LogP contribution in [0.5, 0.6) is 0 Å². The van der Waals surface area contributed by atoms with Gasteiger partial charge in [0.1, 0.15) is 11.9 Å². The van der Waals surface area contributed by atoms with Gasteiger partial charge >= 0.3 is 0 Å². The molecule has 0 bridgehead atoms. The van der Waals surface area contributed by atoms with Gasteiger partial charge in [0.2, 0.25) is 0 Å². The fraction of sp³-hybridized carbons (Fsp3) is 0.125. The average Bonchev–Trinajstić information content (AvgIpc) is 2.49. The molecule has 68 valence electrons. The van der Waals surface area contributed by atoms with Crippen molar-refractivity contribution in [3.8, 4) is 0 Å². The number of nitrogens with two attached hydrogens (primary N) is 1. The summed E-state index contributed by atoms with van der Waals surface area (Å²) in [5.74, 6) is -0.442. The first-order chi connectivity index (χ1) is 6.18. The van der Waals surface area contributed by atoms with Gasteiger partial charge in [0.25, 0.3) is 5.91 Å².